The van der Waals surface area contributed by atoms with Gasteiger partial charge in [-0.15, -0.1) is 0 Å². The van der Waals surface area contributed by atoms with Crippen molar-refractivity contribution in [3.05, 3.63) is 125 Å². The zero-order valence-corrected chi connectivity index (χ0v) is 21.6. The number of aromatic nitrogens is 2. The van der Waals surface area contributed by atoms with Gasteiger partial charge < -0.3 is 4.90 Å². The summed E-state index contributed by atoms with van der Waals surface area (Å²) in [4.78, 5) is 15.0. The predicted molar refractivity (Wildman–Crippen MR) is 151 cm³/mol. The Kier molecular flexibility index (Phi) is 6.50. The van der Waals surface area contributed by atoms with Crippen molar-refractivity contribution in [2.75, 3.05) is 31.1 Å². The van der Waals surface area contributed by atoms with E-state index in [2.05, 4.69) is 117 Å². The summed E-state index contributed by atoms with van der Waals surface area (Å²) in [6.07, 6.45) is 0. The first-order chi connectivity index (χ1) is 17.8. The Balaban J connectivity index is 1.31. The summed E-state index contributed by atoms with van der Waals surface area (Å²) in [5, 5.41) is 1.11. The van der Waals surface area contributed by atoms with Crippen LogP contribution in [-0.4, -0.2) is 41.0 Å². The quantitative estimate of drug-likeness (QED) is 0.243. The van der Waals surface area contributed by atoms with Gasteiger partial charge in [0.15, 0.2) is 5.82 Å². The Morgan fingerprint density at radius 3 is 1.83 bits per heavy atom. The highest BCUT2D eigenvalue weighted by molar-refractivity contribution is 9.10. The van der Waals surface area contributed by atoms with Gasteiger partial charge in [-0.3, -0.25) is 4.90 Å². The number of anilines is 1. The molecule has 36 heavy (non-hydrogen) atoms. The fraction of sp³-hybridized carbons (Fsp3) is 0.161. The minimum Gasteiger partial charge on any atom is -0.353 e. The molecule has 0 amide bonds. The normalized spacial score (nSPS) is 14.4. The molecule has 0 radical (unpaired) electrons. The van der Waals surface area contributed by atoms with Crippen molar-refractivity contribution >= 4 is 32.7 Å². The van der Waals surface area contributed by atoms with Crippen LogP contribution in [0.3, 0.4) is 0 Å². The van der Waals surface area contributed by atoms with E-state index in [9.17, 15) is 0 Å². The van der Waals surface area contributed by atoms with Gasteiger partial charge in [-0.2, -0.15) is 0 Å². The van der Waals surface area contributed by atoms with E-state index in [1.165, 1.54) is 11.1 Å². The molecule has 5 aromatic rings. The highest BCUT2D eigenvalue weighted by Gasteiger charge is 2.27. The molecule has 1 saturated heterocycles. The fourth-order valence-corrected chi connectivity index (χ4v) is 5.37. The van der Waals surface area contributed by atoms with Crippen LogP contribution in [0, 0.1) is 0 Å². The lowest BCUT2D eigenvalue weighted by molar-refractivity contribution is 0.212. The maximum Gasteiger partial charge on any atom is 0.162 e. The van der Waals surface area contributed by atoms with Crippen molar-refractivity contribution in [1.29, 1.82) is 0 Å². The molecule has 4 nitrogen and oxygen atoms in total. The Bertz CT molecular complexity index is 1410. The topological polar surface area (TPSA) is 32.3 Å². The Morgan fingerprint density at radius 1 is 0.611 bits per heavy atom. The number of para-hydroxylation sites is 1. The molecule has 0 spiro atoms. The first-order valence-electron chi connectivity index (χ1n) is 12.4. The first-order valence-corrected chi connectivity index (χ1v) is 13.2. The summed E-state index contributed by atoms with van der Waals surface area (Å²) in [7, 11) is 0. The lowest BCUT2D eigenvalue weighted by Gasteiger charge is -2.40. The molecule has 1 fully saturated rings. The van der Waals surface area contributed by atoms with Crippen molar-refractivity contribution in [3.63, 3.8) is 0 Å². The van der Waals surface area contributed by atoms with Crippen LogP contribution < -0.4 is 4.90 Å². The number of hydrogen-bond donors (Lipinski definition) is 0. The van der Waals surface area contributed by atoms with E-state index in [4.69, 9.17) is 9.97 Å². The number of fused-ring (bicyclic) bond motifs is 1. The van der Waals surface area contributed by atoms with Gasteiger partial charge in [0.25, 0.3) is 0 Å². The van der Waals surface area contributed by atoms with E-state index in [0.29, 0.717) is 0 Å². The van der Waals surface area contributed by atoms with Crippen molar-refractivity contribution in [2.45, 2.75) is 6.04 Å². The van der Waals surface area contributed by atoms with E-state index in [0.717, 1.165) is 58.8 Å². The molecular formula is C31H27BrN4. The Hall–Kier alpha value is -3.54. The summed E-state index contributed by atoms with van der Waals surface area (Å²) in [5.41, 5.74) is 4.68. The van der Waals surface area contributed by atoms with Gasteiger partial charge in [-0.25, -0.2) is 9.97 Å². The third-order valence-corrected chi connectivity index (χ3v) is 7.42. The lowest BCUT2D eigenvalue weighted by atomic mass is 9.96. The Morgan fingerprint density at radius 2 is 1.19 bits per heavy atom. The molecule has 0 N–H and O–H groups in total. The zero-order valence-electron chi connectivity index (χ0n) is 20.0. The average molecular weight is 535 g/mol. The third-order valence-electron chi connectivity index (χ3n) is 6.90. The molecule has 0 atom stereocenters. The summed E-state index contributed by atoms with van der Waals surface area (Å²) in [5.74, 6) is 1.79. The van der Waals surface area contributed by atoms with Crippen molar-refractivity contribution in [3.8, 4) is 11.4 Å². The van der Waals surface area contributed by atoms with Crippen molar-refractivity contribution in [2.24, 2.45) is 0 Å². The van der Waals surface area contributed by atoms with Crippen LogP contribution in [0.25, 0.3) is 22.3 Å². The maximum absolute atomic E-state index is 5.09. The summed E-state index contributed by atoms with van der Waals surface area (Å²) in [6.45, 7) is 3.74. The minimum absolute atomic E-state index is 0.245. The average Bonchev–Trinajstić information content (AvgIpc) is 2.95. The summed E-state index contributed by atoms with van der Waals surface area (Å²) in [6, 6.07) is 38.5. The second-order valence-corrected chi connectivity index (χ2v) is 10.1. The highest BCUT2D eigenvalue weighted by atomic mass is 79.9. The first kappa shape index (κ1) is 22.9. The van der Waals surface area contributed by atoms with Gasteiger partial charge in [0.2, 0.25) is 0 Å². The van der Waals surface area contributed by atoms with Crippen molar-refractivity contribution < 1.29 is 0 Å². The second kappa shape index (κ2) is 10.2. The van der Waals surface area contributed by atoms with Gasteiger partial charge in [0.05, 0.1) is 11.6 Å². The van der Waals surface area contributed by atoms with Crippen LogP contribution in [0.2, 0.25) is 0 Å². The molecule has 178 valence electrons. The van der Waals surface area contributed by atoms with Gasteiger partial charge in [0.1, 0.15) is 5.82 Å². The maximum atomic E-state index is 5.09. The van der Waals surface area contributed by atoms with E-state index in [-0.39, 0.29) is 6.04 Å². The van der Waals surface area contributed by atoms with Crippen LogP contribution in [0.1, 0.15) is 17.2 Å². The third kappa shape index (κ3) is 4.64. The van der Waals surface area contributed by atoms with Crippen molar-refractivity contribution in [1.82, 2.24) is 14.9 Å². The second-order valence-electron chi connectivity index (χ2n) is 9.14. The van der Waals surface area contributed by atoms with E-state index in [1.807, 2.05) is 18.2 Å². The van der Waals surface area contributed by atoms with Gasteiger partial charge in [-0.1, -0.05) is 101 Å². The molecular weight excluding hydrogens is 508 g/mol. The van der Waals surface area contributed by atoms with Crippen LogP contribution >= 0.6 is 15.9 Å². The standard InChI is InChI=1S/C31H27BrN4/c32-26-17-15-25(16-18-26)30-33-28-14-8-7-13-27(28)31(34-30)36-21-19-35(20-22-36)29(23-9-3-1-4-10-23)24-11-5-2-6-12-24/h1-18,29H,19-22H2. The highest BCUT2D eigenvalue weighted by Crippen LogP contribution is 2.32. The number of benzene rings is 4. The summed E-state index contributed by atoms with van der Waals surface area (Å²) >= 11 is 3.53. The molecule has 5 heteroatoms. The Labute approximate surface area is 220 Å². The van der Waals surface area contributed by atoms with Gasteiger partial charge in [0, 0.05) is 41.6 Å². The molecule has 1 aliphatic rings. The predicted octanol–water partition coefficient (Wildman–Crippen LogP) is 6.97. The van der Waals surface area contributed by atoms with E-state index >= 15 is 0 Å². The zero-order chi connectivity index (χ0) is 24.3. The van der Waals surface area contributed by atoms with E-state index in [1.54, 1.807) is 0 Å². The van der Waals surface area contributed by atoms with Crippen LogP contribution in [0.5, 0.6) is 0 Å². The number of nitrogens with zero attached hydrogens (tertiary/aromatic N) is 4. The lowest BCUT2D eigenvalue weighted by Crippen LogP contribution is -2.48. The minimum atomic E-state index is 0.245. The monoisotopic (exact) mass is 534 g/mol. The molecule has 1 aliphatic heterocycles. The van der Waals surface area contributed by atoms with Gasteiger partial charge in [-0.05, 0) is 35.4 Å². The van der Waals surface area contributed by atoms with Crippen LogP contribution in [0.4, 0.5) is 5.82 Å². The molecule has 0 saturated carbocycles. The van der Waals surface area contributed by atoms with E-state index < -0.39 is 0 Å². The molecule has 0 bridgehead atoms. The molecule has 6 rings (SSSR count). The smallest absolute Gasteiger partial charge is 0.162 e. The molecule has 0 aliphatic carbocycles. The summed E-state index contributed by atoms with van der Waals surface area (Å²) < 4.78 is 1.05. The van der Waals surface area contributed by atoms with Crippen LogP contribution in [0.15, 0.2) is 114 Å². The van der Waals surface area contributed by atoms with Crippen LogP contribution in [-0.2, 0) is 0 Å². The number of piperazine rings is 1. The fourth-order valence-electron chi connectivity index (χ4n) is 5.11. The molecule has 4 aromatic carbocycles. The largest absolute Gasteiger partial charge is 0.353 e. The number of hydrogen-bond acceptors (Lipinski definition) is 4. The number of halogens is 1. The molecule has 2 heterocycles. The SMILES string of the molecule is Brc1ccc(-c2nc(N3CCN(C(c4ccccc4)c4ccccc4)CC3)c3ccccc3n2)cc1. The molecule has 0 unspecified atom stereocenters. The number of rotatable bonds is 5. The van der Waals surface area contributed by atoms with Gasteiger partial charge >= 0.3 is 0 Å². The molecule has 1 aromatic heterocycles.